The summed E-state index contributed by atoms with van der Waals surface area (Å²) in [6, 6.07) is 11.3. The molecule has 0 atom stereocenters. The molecule has 0 saturated heterocycles. The Labute approximate surface area is 117 Å². The van der Waals surface area contributed by atoms with Gasteiger partial charge in [0, 0.05) is 18.6 Å². The van der Waals surface area contributed by atoms with Gasteiger partial charge in [0.05, 0.1) is 16.8 Å². The highest BCUT2D eigenvalue weighted by molar-refractivity contribution is 6.14. The normalized spacial score (nSPS) is 10.9. The molecule has 0 saturated carbocycles. The molecule has 20 heavy (non-hydrogen) atoms. The van der Waals surface area contributed by atoms with Gasteiger partial charge in [0.25, 0.3) is 0 Å². The molecular weight excluding hydrogens is 250 g/mol. The van der Waals surface area contributed by atoms with Crippen molar-refractivity contribution >= 4 is 16.7 Å². The maximum atomic E-state index is 12.7. The Morgan fingerprint density at radius 2 is 2.05 bits per heavy atom. The number of fused-ring (bicyclic) bond motifs is 1. The molecule has 0 amide bonds. The number of ketones is 1. The summed E-state index contributed by atoms with van der Waals surface area (Å²) < 4.78 is 1.64. The van der Waals surface area contributed by atoms with Gasteiger partial charge in [-0.15, -0.1) is 0 Å². The third-order valence-electron chi connectivity index (χ3n) is 3.40. The molecule has 3 aromatic rings. The van der Waals surface area contributed by atoms with E-state index < -0.39 is 0 Å². The van der Waals surface area contributed by atoms with Crippen LogP contribution in [-0.4, -0.2) is 20.5 Å². The Bertz CT molecular complexity index is 784. The van der Waals surface area contributed by atoms with Crippen LogP contribution in [0, 0.1) is 0 Å². The number of aryl methyl sites for hydroxylation is 2. The summed E-state index contributed by atoms with van der Waals surface area (Å²) in [5.41, 5.74) is 2.87. The summed E-state index contributed by atoms with van der Waals surface area (Å²) in [6.07, 6.45) is 2.52. The summed E-state index contributed by atoms with van der Waals surface area (Å²) in [6.45, 7) is 2.02. The van der Waals surface area contributed by atoms with E-state index in [1.54, 1.807) is 17.9 Å². The average molecular weight is 265 g/mol. The largest absolute Gasteiger partial charge is 0.287 e. The van der Waals surface area contributed by atoms with E-state index in [0.29, 0.717) is 11.3 Å². The van der Waals surface area contributed by atoms with Gasteiger partial charge in [-0.05, 0) is 24.6 Å². The third kappa shape index (κ3) is 1.99. The Hall–Kier alpha value is -2.49. The number of para-hydroxylation sites is 1. The molecule has 0 N–H and O–H groups in total. The van der Waals surface area contributed by atoms with E-state index in [4.69, 9.17) is 0 Å². The van der Waals surface area contributed by atoms with Crippen LogP contribution in [0.15, 0.2) is 42.6 Å². The van der Waals surface area contributed by atoms with Crippen LogP contribution in [-0.2, 0) is 13.5 Å². The maximum Gasteiger partial charge on any atom is 0.213 e. The number of carbonyl (C=O) groups excluding carboxylic acids is 1. The highest BCUT2D eigenvalue weighted by atomic mass is 16.1. The fourth-order valence-corrected chi connectivity index (χ4v) is 2.34. The number of hydrogen-bond donors (Lipinski definition) is 0. The van der Waals surface area contributed by atoms with E-state index in [9.17, 15) is 4.79 Å². The zero-order valence-electron chi connectivity index (χ0n) is 11.5. The van der Waals surface area contributed by atoms with Gasteiger partial charge < -0.3 is 0 Å². The molecule has 0 aliphatic rings. The molecular formula is C16H15N3O. The fourth-order valence-electron chi connectivity index (χ4n) is 2.34. The number of benzene rings is 1. The molecule has 4 heteroatoms. The van der Waals surface area contributed by atoms with Crippen LogP contribution < -0.4 is 0 Å². The van der Waals surface area contributed by atoms with E-state index in [1.807, 2.05) is 43.3 Å². The smallest absolute Gasteiger partial charge is 0.213 e. The van der Waals surface area contributed by atoms with E-state index in [1.165, 1.54) is 0 Å². The first-order valence-electron chi connectivity index (χ1n) is 6.62. The molecule has 0 unspecified atom stereocenters. The van der Waals surface area contributed by atoms with Crippen LogP contribution in [0.2, 0.25) is 0 Å². The Morgan fingerprint density at radius 1 is 1.25 bits per heavy atom. The van der Waals surface area contributed by atoms with Crippen LogP contribution in [0.25, 0.3) is 10.9 Å². The van der Waals surface area contributed by atoms with Crippen LogP contribution in [0.5, 0.6) is 0 Å². The first-order valence-corrected chi connectivity index (χ1v) is 6.62. The SMILES string of the molecule is CCc1cc(C(=O)c2cccc3cccnc23)n(C)n1. The molecule has 0 fully saturated rings. The minimum atomic E-state index is -0.0380. The third-order valence-corrected chi connectivity index (χ3v) is 3.40. The van der Waals surface area contributed by atoms with Gasteiger partial charge >= 0.3 is 0 Å². The lowest BCUT2D eigenvalue weighted by Gasteiger charge is -2.04. The molecule has 2 heterocycles. The molecule has 2 aromatic heterocycles. The van der Waals surface area contributed by atoms with Crippen LogP contribution in [0.4, 0.5) is 0 Å². The van der Waals surface area contributed by atoms with Gasteiger partial charge in [-0.3, -0.25) is 14.5 Å². The van der Waals surface area contributed by atoms with Gasteiger partial charge in [-0.25, -0.2) is 0 Å². The molecule has 0 radical (unpaired) electrons. The Balaban J connectivity index is 2.15. The van der Waals surface area contributed by atoms with Crippen molar-refractivity contribution in [2.45, 2.75) is 13.3 Å². The van der Waals surface area contributed by atoms with E-state index in [-0.39, 0.29) is 5.78 Å². The number of aromatic nitrogens is 3. The first-order chi connectivity index (χ1) is 9.70. The van der Waals surface area contributed by atoms with Crippen molar-refractivity contribution in [3.05, 3.63) is 59.5 Å². The number of hydrogen-bond acceptors (Lipinski definition) is 3. The van der Waals surface area contributed by atoms with Crippen LogP contribution in [0.1, 0.15) is 28.7 Å². The first kappa shape index (κ1) is 12.5. The fraction of sp³-hybridized carbons (Fsp3) is 0.188. The van der Waals surface area contributed by atoms with Crippen LogP contribution in [0.3, 0.4) is 0 Å². The molecule has 1 aromatic carbocycles. The topological polar surface area (TPSA) is 47.8 Å². The van der Waals surface area contributed by atoms with Crippen LogP contribution >= 0.6 is 0 Å². The van der Waals surface area contributed by atoms with Gasteiger partial charge in [0.1, 0.15) is 5.69 Å². The van der Waals surface area contributed by atoms with Crippen molar-refractivity contribution in [3.8, 4) is 0 Å². The lowest BCUT2D eigenvalue weighted by atomic mass is 10.0. The van der Waals surface area contributed by atoms with Gasteiger partial charge in [0.2, 0.25) is 5.78 Å². The molecule has 0 aliphatic heterocycles. The van der Waals surface area contributed by atoms with Crippen molar-refractivity contribution in [2.24, 2.45) is 7.05 Å². The van der Waals surface area contributed by atoms with Crippen molar-refractivity contribution in [1.82, 2.24) is 14.8 Å². The second kappa shape index (κ2) is 4.89. The van der Waals surface area contributed by atoms with Crippen molar-refractivity contribution in [3.63, 3.8) is 0 Å². The molecule has 100 valence electrons. The Kier molecular flexibility index (Phi) is 3.06. The lowest BCUT2D eigenvalue weighted by Crippen LogP contribution is -2.09. The lowest BCUT2D eigenvalue weighted by molar-refractivity contribution is 0.103. The number of nitrogens with zero attached hydrogens (tertiary/aromatic N) is 3. The van der Waals surface area contributed by atoms with E-state index in [2.05, 4.69) is 10.1 Å². The standard InChI is InChI=1S/C16H15N3O/c1-3-12-10-14(19(2)18-12)16(20)13-8-4-6-11-7-5-9-17-15(11)13/h4-10H,3H2,1-2H3. The summed E-state index contributed by atoms with van der Waals surface area (Å²) in [7, 11) is 1.80. The highest BCUT2D eigenvalue weighted by Gasteiger charge is 2.17. The molecule has 0 bridgehead atoms. The number of carbonyl (C=O) groups is 1. The zero-order chi connectivity index (χ0) is 14.1. The maximum absolute atomic E-state index is 12.7. The van der Waals surface area contributed by atoms with Gasteiger partial charge in [-0.2, -0.15) is 5.10 Å². The van der Waals surface area contributed by atoms with Gasteiger partial charge in [-0.1, -0.05) is 25.1 Å². The summed E-state index contributed by atoms with van der Waals surface area (Å²) in [4.78, 5) is 17.0. The molecule has 4 nitrogen and oxygen atoms in total. The predicted octanol–water partition coefficient (Wildman–Crippen LogP) is 2.76. The monoisotopic (exact) mass is 265 g/mol. The van der Waals surface area contributed by atoms with E-state index >= 15 is 0 Å². The van der Waals surface area contributed by atoms with Crippen molar-refractivity contribution < 1.29 is 4.79 Å². The highest BCUT2D eigenvalue weighted by Crippen LogP contribution is 2.19. The summed E-state index contributed by atoms with van der Waals surface area (Å²) in [5, 5.41) is 5.30. The van der Waals surface area contributed by atoms with E-state index in [0.717, 1.165) is 23.0 Å². The average Bonchev–Trinajstić information content (AvgIpc) is 2.87. The zero-order valence-corrected chi connectivity index (χ0v) is 11.5. The molecule has 3 rings (SSSR count). The minimum Gasteiger partial charge on any atom is -0.287 e. The second-order valence-corrected chi connectivity index (χ2v) is 4.71. The second-order valence-electron chi connectivity index (χ2n) is 4.71. The molecule has 0 spiro atoms. The minimum absolute atomic E-state index is 0.0380. The number of rotatable bonds is 3. The summed E-state index contributed by atoms with van der Waals surface area (Å²) in [5.74, 6) is -0.0380. The Morgan fingerprint density at radius 3 is 2.80 bits per heavy atom. The quantitative estimate of drug-likeness (QED) is 0.684. The van der Waals surface area contributed by atoms with Crippen molar-refractivity contribution in [1.29, 1.82) is 0 Å². The summed E-state index contributed by atoms with van der Waals surface area (Å²) >= 11 is 0. The van der Waals surface area contributed by atoms with Crippen molar-refractivity contribution in [2.75, 3.05) is 0 Å². The van der Waals surface area contributed by atoms with Gasteiger partial charge in [0.15, 0.2) is 0 Å². The molecule has 0 aliphatic carbocycles. The predicted molar refractivity (Wildman–Crippen MR) is 77.8 cm³/mol. The number of pyridine rings is 1.